The van der Waals surface area contributed by atoms with Crippen molar-refractivity contribution >= 4 is 21.7 Å². The molecule has 0 saturated heterocycles. The number of benzene rings is 1. The van der Waals surface area contributed by atoms with E-state index in [1.165, 1.54) is 18.2 Å². The van der Waals surface area contributed by atoms with Gasteiger partial charge in [0.1, 0.15) is 0 Å². The summed E-state index contributed by atoms with van der Waals surface area (Å²) >= 11 is 0. The van der Waals surface area contributed by atoms with E-state index in [-0.39, 0.29) is 21.6 Å². The van der Waals surface area contributed by atoms with Gasteiger partial charge >= 0.3 is 5.97 Å². The summed E-state index contributed by atoms with van der Waals surface area (Å²) in [6.45, 7) is 2.32. The Morgan fingerprint density at radius 2 is 2.10 bits per heavy atom. The molecule has 2 rings (SSSR count). The molecule has 0 aliphatic heterocycles. The highest BCUT2D eigenvalue weighted by molar-refractivity contribution is 7.89. The molecule has 1 aliphatic carbocycles. The molecule has 110 valence electrons. The van der Waals surface area contributed by atoms with Gasteiger partial charge in [0.15, 0.2) is 0 Å². The van der Waals surface area contributed by atoms with Crippen molar-refractivity contribution in [3.8, 4) is 0 Å². The molecule has 4 N–H and O–H groups in total. The fraction of sp³-hybridized carbons (Fsp3) is 0.462. The van der Waals surface area contributed by atoms with E-state index < -0.39 is 16.0 Å². The Hall–Kier alpha value is -1.60. The quantitative estimate of drug-likeness (QED) is 0.712. The lowest BCUT2D eigenvalue weighted by Gasteiger charge is -2.38. The zero-order valence-corrected chi connectivity index (χ0v) is 12.0. The summed E-state index contributed by atoms with van der Waals surface area (Å²) in [6.07, 6.45) is 3.04. The Labute approximate surface area is 118 Å². The van der Waals surface area contributed by atoms with Crippen LogP contribution in [0.1, 0.15) is 36.5 Å². The van der Waals surface area contributed by atoms with Gasteiger partial charge in [-0.2, -0.15) is 0 Å². The summed E-state index contributed by atoms with van der Waals surface area (Å²) in [5.74, 6) is -1.29. The number of sulfonamides is 1. The van der Waals surface area contributed by atoms with Gasteiger partial charge in [0, 0.05) is 12.2 Å². The Balaban J connectivity index is 2.28. The van der Waals surface area contributed by atoms with Gasteiger partial charge in [-0.15, -0.1) is 0 Å². The van der Waals surface area contributed by atoms with Gasteiger partial charge in [0.05, 0.1) is 10.5 Å². The second-order valence-corrected chi connectivity index (χ2v) is 7.28. The first kappa shape index (κ1) is 14.8. The smallest absolute Gasteiger partial charge is 0.337 e. The van der Waals surface area contributed by atoms with Crippen molar-refractivity contribution in [2.75, 3.05) is 12.3 Å². The largest absolute Gasteiger partial charge is 0.478 e. The molecule has 1 aromatic carbocycles. The van der Waals surface area contributed by atoms with Crippen molar-refractivity contribution < 1.29 is 18.3 Å². The number of anilines is 1. The minimum Gasteiger partial charge on any atom is -0.478 e. The number of nitrogen functional groups attached to an aromatic ring is 1. The molecule has 1 fully saturated rings. The highest BCUT2D eigenvalue weighted by atomic mass is 32.2. The van der Waals surface area contributed by atoms with Crippen molar-refractivity contribution in [3.05, 3.63) is 23.8 Å². The van der Waals surface area contributed by atoms with Crippen LogP contribution >= 0.6 is 0 Å². The zero-order chi connectivity index (χ0) is 15.0. The van der Waals surface area contributed by atoms with Crippen LogP contribution in [-0.4, -0.2) is 26.0 Å². The first-order valence-electron chi connectivity index (χ1n) is 6.36. The lowest BCUT2D eigenvalue weighted by atomic mass is 9.71. The average molecular weight is 298 g/mol. The summed E-state index contributed by atoms with van der Waals surface area (Å²) in [4.78, 5) is 10.8. The summed E-state index contributed by atoms with van der Waals surface area (Å²) in [5, 5.41) is 9.07. The number of nitrogens with two attached hydrogens (primary N) is 1. The van der Waals surface area contributed by atoms with E-state index in [4.69, 9.17) is 10.8 Å². The predicted octanol–water partition coefficient (Wildman–Crippen LogP) is 1.44. The van der Waals surface area contributed by atoms with E-state index in [1.807, 2.05) is 6.92 Å². The van der Waals surface area contributed by atoms with Gasteiger partial charge in [-0.1, -0.05) is 13.3 Å². The Morgan fingerprint density at radius 1 is 1.45 bits per heavy atom. The van der Waals surface area contributed by atoms with Gasteiger partial charge in [0.25, 0.3) is 0 Å². The molecular weight excluding hydrogens is 280 g/mol. The number of carbonyl (C=O) groups is 1. The van der Waals surface area contributed by atoms with E-state index >= 15 is 0 Å². The summed E-state index contributed by atoms with van der Waals surface area (Å²) < 4.78 is 27.0. The number of nitrogens with one attached hydrogen (secondary N) is 1. The monoisotopic (exact) mass is 298 g/mol. The molecular formula is C13H18N2O4S. The maximum Gasteiger partial charge on any atom is 0.337 e. The van der Waals surface area contributed by atoms with Crippen LogP contribution in [0, 0.1) is 5.41 Å². The molecule has 1 aliphatic rings. The van der Waals surface area contributed by atoms with E-state index in [1.54, 1.807) is 0 Å². The third-order valence-corrected chi connectivity index (χ3v) is 5.22. The normalized spacial score (nSPS) is 17.4. The van der Waals surface area contributed by atoms with Crippen molar-refractivity contribution in [1.29, 1.82) is 0 Å². The van der Waals surface area contributed by atoms with Crippen molar-refractivity contribution in [3.63, 3.8) is 0 Å². The van der Waals surface area contributed by atoms with Crippen LogP contribution in [0.5, 0.6) is 0 Å². The molecule has 0 heterocycles. The molecule has 7 heteroatoms. The summed E-state index contributed by atoms with van der Waals surface area (Å²) in [7, 11) is -3.88. The number of rotatable bonds is 5. The third kappa shape index (κ3) is 2.94. The highest BCUT2D eigenvalue weighted by Gasteiger charge is 2.33. The molecule has 6 nitrogen and oxygen atoms in total. The van der Waals surface area contributed by atoms with Gasteiger partial charge in [0.2, 0.25) is 10.0 Å². The van der Waals surface area contributed by atoms with Crippen molar-refractivity contribution in [2.24, 2.45) is 5.41 Å². The predicted molar refractivity (Wildman–Crippen MR) is 75.0 cm³/mol. The van der Waals surface area contributed by atoms with Crippen LogP contribution < -0.4 is 10.5 Å². The standard InChI is InChI=1S/C13H18N2O4S/c1-13(5-2-6-13)8-15-20(18,19)11-7-9(14)3-4-10(11)12(16)17/h3-4,7,15H,2,5-6,8,14H2,1H3,(H,16,17). The molecule has 1 aromatic rings. The fourth-order valence-corrected chi connectivity index (χ4v) is 3.67. The van der Waals surface area contributed by atoms with Crippen LogP contribution in [0.4, 0.5) is 5.69 Å². The van der Waals surface area contributed by atoms with E-state index in [2.05, 4.69) is 4.72 Å². The van der Waals surface area contributed by atoms with Crippen LogP contribution in [0.15, 0.2) is 23.1 Å². The number of hydrogen-bond acceptors (Lipinski definition) is 4. The Kier molecular flexibility index (Phi) is 3.75. The Morgan fingerprint density at radius 3 is 2.60 bits per heavy atom. The number of carboxylic acid groups (broad SMARTS) is 1. The first-order chi connectivity index (χ1) is 9.23. The molecule has 0 spiro atoms. The lowest BCUT2D eigenvalue weighted by Crippen LogP contribution is -2.40. The fourth-order valence-electron chi connectivity index (χ4n) is 2.24. The molecule has 20 heavy (non-hydrogen) atoms. The van der Waals surface area contributed by atoms with Gasteiger partial charge in [-0.3, -0.25) is 0 Å². The third-order valence-electron chi connectivity index (χ3n) is 3.78. The number of carboxylic acids is 1. The van der Waals surface area contributed by atoms with Crippen LogP contribution in [0.3, 0.4) is 0 Å². The first-order valence-corrected chi connectivity index (χ1v) is 7.84. The SMILES string of the molecule is CC1(CNS(=O)(=O)c2cc(N)ccc2C(=O)O)CCC1. The van der Waals surface area contributed by atoms with Crippen LogP contribution in [0.25, 0.3) is 0 Å². The second-order valence-electron chi connectivity index (χ2n) is 5.55. The molecule has 0 amide bonds. The summed E-state index contributed by atoms with van der Waals surface area (Å²) in [6, 6.07) is 3.75. The second kappa shape index (κ2) is 5.06. The van der Waals surface area contributed by atoms with Crippen LogP contribution in [-0.2, 0) is 10.0 Å². The average Bonchev–Trinajstić information content (AvgIpc) is 2.33. The molecule has 0 bridgehead atoms. The van der Waals surface area contributed by atoms with Gasteiger partial charge in [-0.25, -0.2) is 17.9 Å². The van der Waals surface area contributed by atoms with Gasteiger partial charge < -0.3 is 10.8 Å². The Bertz CT molecular complexity index is 636. The molecule has 0 atom stereocenters. The highest BCUT2D eigenvalue weighted by Crippen LogP contribution is 2.39. The maximum absolute atomic E-state index is 12.3. The molecule has 0 radical (unpaired) electrons. The van der Waals surface area contributed by atoms with Gasteiger partial charge in [-0.05, 0) is 36.5 Å². The minimum atomic E-state index is -3.88. The molecule has 0 unspecified atom stereocenters. The summed E-state index contributed by atoms with van der Waals surface area (Å²) in [5.41, 5.74) is 5.47. The topological polar surface area (TPSA) is 109 Å². The zero-order valence-electron chi connectivity index (χ0n) is 11.2. The van der Waals surface area contributed by atoms with Crippen molar-refractivity contribution in [1.82, 2.24) is 4.72 Å². The van der Waals surface area contributed by atoms with E-state index in [0.717, 1.165) is 19.3 Å². The number of aromatic carboxylic acids is 1. The van der Waals surface area contributed by atoms with Crippen molar-refractivity contribution in [2.45, 2.75) is 31.1 Å². The lowest BCUT2D eigenvalue weighted by molar-refractivity contribution is 0.0692. The van der Waals surface area contributed by atoms with E-state index in [0.29, 0.717) is 6.54 Å². The van der Waals surface area contributed by atoms with Crippen LogP contribution in [0.2, 0.25) is 0 Å². The minimum absolute atomic E-state index is 0.0310. The number of hydrogen-bond donors (Lipinski definition) is 3. The molecule has 1 saturated carbocycles. The molecule has 0 aromatic heterocycles. The van der Waals surface area contributed by atoms with E-state index in [9.17, 15) is 13.2 Å². The maximum atomic E-state index is 12.3.